The number of amides is 2. The zero-order chi connectivity index (χ0) is 36.5. The maximum Gasteiger partial charge on any atom is 0.264 e. The van der Waals surface area contributed by atoms with Gasteiger partial charge < -0.3 is 23.8 Å². The number of aliphatic hydroxyl groups is 1. The molecule has 51 heavy (non-hydrogen) atoms. The molecule has 9 nitrogen and oxygen atoms in total. The van der Waals surface area contributed by atoms with Crippen molar-refractivity contribution in [2.24, 2.45) is 5.92 Å². The summed E-state index contributed by atoms with van der Waals surface area (Å²) in [6.07, 6.45) is 9.17. The topological polar surface area (TPSA) is 101 Å². The summed E-state index contributed by atoms with van der Waals surface area (Å²) in [5.74, 6) is -0.862. The Morgan fingerprint density at radius 3 is 2.57 bits per heavy atom. The minimum atomic E-state index is -3.38. The van der Waals surface area contributed by atoms with E-state index in [9.17, 15) is 14.7 Å². The van der Waals surface area contributed by atoms with Crippen LogP contribution in [-0.2, 0) is 26.5 Å². The number of benzene rings is 2. The maximum atomic E-state index is 16.5. The highest BCUT2D eigenvalue weighted by atomic mass is 28.4. The third kappa shape index (κ3) is 7.25. The molecule has 2 saturated heterocycles. The van der Waals surface area contributed by atoms with Gasteiger partial charge in [0.05, 0.1) is 30.0 Å². The van der Waals surface area contributed by atoms with Gasteiger partial charge in [-0.1, -0.05) is 65.8 Å². The molecule has 3 aliphatic heterocycles. The van der Waals surface area contributed by atoms with Crippen molar-refractivity contribution in [1.82, 2.24) is 15.0 Å². The lowest BCUT2D eigenvalue weighted by molar-refractivity contribution is -0.145. The van der Waals surface area contributed by atoms with Crippen LogP contribution in [0.1, 0.15) is 82.5 Å². The first-order valence-corrected chi connectivity index (χ1v) is 21.3. The van der Waals surface area contributed by atoms with Crippen LogP contribution in [0.2, 0.25) is 18.6 Å². The zero-order valence-corrected chi connectivity index (χ0v) is 31.8. The smallest absolute Gasteiger partial charge is 0.264 e. The average molecular weight is 714 g/mol. The molecule has 2 fully saturated rings. The van der Waals surface area contributed by atoms with Crippen LogP contribution in [0.5, 0.6) is 0 Å². The molecule has 2 amide bonds. The number of aliphatic hydroxyl groups excluding tert-OH is 1. The van der Waals surface area contributed by atoms with Crippen molar-refractivity contribution in [3.63, 3.8) is 0 Å². The SMILES string of the molecule is CC(C)=CCC/C(C)=C/CN1C(=O)[C@]2(O[C@H](CCn3cc(C(CO)c4ccccc4)nn3)[C@@H]([Si](C)(C)F)[C@@H]2C)c2cc(N3CCCC3=O)ccc21. The van der Waals surface area contributed by atoms with E-state index in [1.807, 2.05) is 61.7 Å². The lowest BCUT2D eigenvalue weighted by Crippen LogP contribution is -2.45. The highest BCUT2D eigenvalue weighted by Crippen LogP contribution is 2.60. The Hall–Kier alpha value is -3.93. The number of aromatic nitrogens is 3. The summed E-state index contributed by atoms with van der Waals surface area (Å²) in [7, 11) is -3.38. The zero-order valence-electron chi connectivity index (χ0n) is 30.8. The molecule has 2 aromatic carbocycles. The van der Waals surface area contributed by atoms with E-state index < -0.39 is 31.6 Å². The standard InChI is InChI=1S/C40H52FN5O4Si/c1-27(2)12-10-13-28(3)19-23-46-35-18-17-31(45-21-11-16-37(45)48)24-33(35)40(39(46)49)29(4)38(51(5,6)41)36(50-40)20-22-44-25-34(42-43-44)32(26-47)30-14-8-7-9-15-30/h7-9,12,14-15,17-19,24-25,29,32,36,38,47H,10-11,13,16,20-23,26H2,1-6H3/b28-19+/t29-,32?,36+,38-,40+/m0/s1. The molecule has 5 atom stereocenters. The number of hydrogen-bond acceptors (Lipinski definition) is 6. The molecule has 6 rings (SSSR count). The van der Waals surface area contributed by atoms with Gasteiger partial charge >= 0.3 is 0 Å². The molecular formula is C40H52FN5O4Si. The van der Waals surface area contributed by atoms with Crippen LogP contribution in [0.3, 0.4) is 0 Å². The van der Waals surface area contributed by atoms with Gasteiger partial charge in [0.1, 0.15) is 0 Å². The van der Waals surface area contributed by atoms with Crippen LogP contribution < -0.4 is 9.80 Å². The fourth-order valence-corrected chi connectivity index (χ4v) is 11.0. The molecule has 0 saturated carbocycles. The van der Waals surface area contributed by atoms with Gasteiger partial charge in [-0.15, -0.1) is 5.10 Å². The van der Waals surface area contributed by atoms with Gasteiger partial charge in [-0.2, -0.15) is 0 Å². The van der Waals surface area contributed by atoms with Crippen molar-refractivity contribution in [1.29, 1.82) is 0 Å². The Labute approximate surface area is 302 Å². The van der Waals surface area contributed by atoms with Gasteiger partial charge in [0, 0.05) is 55.0 Å². The van der Waals surface area contributed by atoms with Crippen LogP contribution in [0.15, 0.2) is 78.0 Å². The van der Waals surface area contributed by atoms with E-state index in [-0.39, 0.29) is 24.3 Å². The van der Waals surface area contributed by atoms with E-state index >= 15 is 4.11 Å². The van der Waals surface area contributed by atoms with Gasteiger partial charge in [-0.25, -0.2) is 0 Å². The number of ether oxygens (including phenoxy) is 1. The normalized spacial score (nSPS) is 24.2. The van der Waals surface area contributed by atoms with Gasteiger partial charge in [-0.3, -0.25) is 14.3 Å². The van der Waals surface area contributed by atoms with E-state index in [0.717, 1.165) is 41.8 Å². The van der Waals surface area contributed by atoms with Crippen molar-refractivity contribution in [3.05, 3.63) is 94.8 Å². The number of carbonyl (C=O) groups excluding carboxylic acids is 2. The highest BCUT2D eigenvalue weighted by molar-refractivity contribution is 6.72. The molecule has 1 spiro atoms. The van der Waals surface area contributed by atoms with Crippen molar-refractivity contribution in [2.45, 2.75) is 103 Å². The maximum absolute atomic E-state index is 16.5. The van der Waals surface area contributed by atoms with Crippen LogP contribution in [-0.4, -0.2) is 66.1 Å². The largest absolute Gasteiger partial charge is 0.395 e. The molecule has 3 aromatic rings. The molecule has 1 unspecified atom stereocenters. The van der Waals surface area contributed by atoms with Crippen LogP contribution in [0, 0.1) is 5.92 Å². The Kier molecular flexibility index (Phi) is 10.8. The lowest BCUT2D eigenvalue weighted by atomic mass is 9.82. The fourth-order valence-electron chi connectivity index (χ4n) is 8.41. The van der Waals surface area contributed by atoms with E-state index in [1.54, 1.807) is 27.6 Å². The molecule has 1 aromatic heterocycles. The molecule has 0 radical (unpaired) electrons. The van der Waals surface area contributed by atoms with Crippen LogP contribution >= 0.6 is 0 Å². The van der Waals surface area contributed by atoms with Crippen molar-refractivity contribution >= 4 is 31.6 Å². The first-order chi connectivity index (χ1) is 24.3. The number of halogens is 1. The van der Waals surface area contributed by atoms with E-state index in [4.69, 9.17) is 4.74 Å². The fraction of sp³-hybridized carbons (Fsp3) is 0.500. The number of rotatable bonds is 13. The summed E-state index contributed by atoms with van der Waals surface area (Å²) in [6, 6.07) is 15.5. The number of hydrogen-bond donors (Lipinski definition) is 1. The number of anilines is 2. The van der Waals surface area contributed by atoms with Gasteiger partial charge in [0.15, 0.2) is 5.60 Å². The average Bonchev–Trinajstić information content (AvgIpc) is 3.85. The third-order valence-corrected chi connectivity index (χ3v) is 13.4. The number of aryl methyl sites for hydroxylation is 1. The molecule has 3 aliphatic rings. The molecule has 4 heterocycles. The van der Waals surface area contributed by atoms with Gasteiger partial charge in [0.25, 0.3) is 5.91 Å². The second-order valence-electron chi connectivity index (χ2n) is 15.2. The van der Waals surface area contributed by atoms with Crippen molar-refractivity contribution in [2.75, 3.05) is 29.5 Å². The summed E-state index contributed by atoms with van der Waals surface area (Å²) < 4.78 is 25.2. The predicted molar refractivity (Wildman–Crippen MR) is 201 cm³/mol. The molecule has 11 heteroatoms. The summed E-state index contributed by atoms with van der Waals surface area (Å²) >= 11 is 0. The van der Waals surface area contributed by atoms with Crippen molar-refractivity contribution in [3.8, 4) is 0 Å². The van der Waals surface area contributed by atoms with Gasteiger partial charge in [-0.05, 0) is 83.3 Å². The van der Waals surface area contributed by atoms with Crippen LogP contribution in [0.25, 0.3) is 0 Å². The Balaban J connectivity index is 1.32. The molecular weight excluding hydrogens is 662 g/mol. The van der Waals surface area contributed by atoms with Crippen molar-refractivity contribution < 1.29 is 23.5 Å². The lowest BCUT2D eigenvalue weighted by Gasteiger charge is -2.31. The molecule has 1 N–H and O–H groups in total. The Morgan fingerprint density at radius 1 is 1.14 bits per heavy atom. The minimum absolute atomic E-state index is 0.0662. The first-order valence-electron chi connectivity index (χ1n) is 18.3. The van der Waals surface area contributed by atoms with E-state index in [2.05, 4.69) is 43.2 Å². The minimum Gasteiger partial charge on any atom is -0.395 e. The number of fused-ring (bicyclic) bond motifs is 2. The summed E-state index contributed by atoms with van der Waals surface area (Å²) in [5, 5.41) is 18.9. The third-order valence-electron chi connectivity index (χ3n) is 11.0. The Morgan fingerprint density at radius 2 is 1.90 bits per heavy atom. The number of carbonyl (C=O) groups is 2. The quantitative estimate of drug-likeness (QED) is 0.112. The second kappa shape index (κ2) is 15.0. The number of nitrogens with zero attached hydrogens (tertiary/aromatic N) is 5. The van der Waals surface area contributed by atoms with Crippen LogP contribution in [0.4, 0.5) is 15.5 Å². The molecule has 272 valence electrons. The van der Waals surface area contributed by atoms with E-state index in [0.29, 0.717) is 38.2 Å². The molecule has 0 bridgehead atoms. The monoisotopic (exact) mass is 713 g/mol. The Bertz CT molecular complexity index is 1800. The summed E-state index contributed by atoms with van der Waals surface area (Å²) in [6.45, 7) is 13.0. The summed E-state index contributed by atoms with van der Waals surface area (Å²) in [5.41, 5.74) is 4.45. The molecule has 0 aliphatic carbocycles. The van der Waals surface area contributed by atoms with E-state index in [1.165, 1.54) is 11.1 Å². The predicted octanol–water partition coefficient (Wildman–Crippen LogP) is 7.43. The second-order valence-corrected chi connectivity index (χ2v) is 19.0. The first kappa shape index (κ1) is 36.8. The summed E-state index contributed by atoms with van der Waals surface area (Å²) in [4.78, 5) is 31.3. The highest BCUT2D eigenvalue weighted by Gasteiger charge is 2.66. The number of allylic oxidation sites excluding steroid dienone is 3. The van der Waals surface area contributed by atoms with Gasteiger partial charge in [0.2, 0.25) is 14.3 Å².